The van der Waals surface area contributed by atoms with E-state index < -0.39 is 56.9 Å². The summed E-state index contributed by atoms with van der Waals surface area (Å²) < 4.78 is 66.0. The predicted octanol–water partition coefficient (Wildman–Crippen LogP) is 3.36. The van der Waals surface area contributed by atoms with Crippen LogP contribution in [0.5, 0.6) is 0 Å². The van der Waals surface area contributed by atoms with Gasteiger partial charge in [-0.15, -0.1) is 0 Å². The molecule has 0 unspecified atom stereocenters. The van der Waals surface area contributed by atoms with Gasteiger partial charge < -0.3 is 0 Å². The van der Waals surface area contributed by atoms with Crippen LogP contribution in [0, 0.1) is 46.1 Å². The van der Waals surface area contributed by atoms with Crippen molar-refractivity contribution in [2.45, 2.75) is 6.92 Å². The van der Waals surface area contributed by atoms with Gasteiger partial charge in [0.2, 0.25) is 5.82 Å². The number of nitro benzene ring substituents is 1. The van der Waals surface area contributed by atoms with E-state index in [0.717, 1.165) is 6.07 Å². The Morgan fingerprint density at radius 3 is 2.04 bits per heavy atom. The number of hydrogen-bond acceptors (Lipinski definition) is 4. The average molecular weight is 361 g/mol. The van der Waals surface area contributed by atoms with E-state index in [4.69, 9.17) is 0 Å². The Hall–Kier alpha value is -3.24. The fourth-order valence-corrected chi connectivity index (χ4v) is 1.99. The van der Waals surface area contributed by atoms with E-state index >= 15 is 0 Å². The molecule has 0 saturated heterocycles. The number of para-hydroxylation sites is 1. The number of hydrazine groups is 1. The van der Waals surface area contributed by atoms with Gasteiger partial charge in [-0.2, -0.15) is 0 Å². The standard InChI is InChI=1S/C14H8F5N3O3/c1-5-3-2-4-6(13(5)22(24)25)14(23)21-20-12-10(18)8(16)7(15)9(17)11(12)19/h2-4,20H,1H3,(H,21,23). The third-order valence-electron chi connectivity index (χ3n) is 3.18. The SMILES string of the molecule is Cc1cccc(C(=O)NNc2c(F)c(F)c(F)c(F)c2F)c1[N+](=O)[O-]. The lowest BCUT2D eigenvalue weighted by atomic mass is 10.1. The fourth-order valence-electron chi connectivity index (χ4n) is 1.99. The molecule has 0 atom stereocenters. The number of carbonyl (C=O) groups excluding carboxylic acids is 1. The van der Waals surface area contributed by atoms with Crippen molar-refractivity contribution in [3.8, 4) is 0 Å². The molecule has 25 heavy (non-hydrogen) atoms. The van der Waals surface area contributed by atoms with Gasteiger partial charge in [0.1, 0.15) is 11.3 Å². The van der Waals surface area contributed by atoms with Gasteiger partial charge in [0.25, 0.3) is 11.6 Å². The van der Waals surface area contributed by atoms with E-state index in [-0.39, 0.29) is 5.56 Å². The van der Waals surface area contributed by atoms with Crippen molar-refractivity contribution in [3.63, 3.8) is 0 Å². The molecule has 6 nitrogen and oxygen atoms in total. The molecule has 0 saturated carbocycles. The van der Waals surface area contributed by atoms with Crippen LogP contribution in [0.25, 0.3) is 0 Å². The number of aryl methyl sites for hydroxylation is 1. The Labute approximate surface area is 136 Å². The lowest BCUT2D eigenvalue weighted by molar-refractivity contribution is -0.385. The summed E-state index contributed by atoms with van der Waals surface area (Å²) in [5, 5.41) is 11.0. The van der Waals surface area contributed by atoms with E-state index in [1.54, 1.807) is 10.9 Å². The van der Waals surface area contributed by atoms with Crippen molar-refractivity contribution >= 4 is 17.3 Å². The topological polar surface area (TPSA) is 84.3 Å². The number of benzene rings is 2. The molecule has 0 spiro atoms. The third-order valence-corrected chi connectivity index (χ3v) is 3.18. The lowest BCUT2D eigenvalue weighted by Crippen LogP contribution is -2.31. The molecule has 132 valence electrons. The maximum Gasteiger partial charge on any atom is 0.285 e. The largest absolute Gasteiger partial charge is 0.293 e. The van der Waals surface area contributed by atoms with Gasteiger partial charge in [-0.1, -0.05) is 12.1 Å². The summed E-state index contributed by atoms with van der Waals surface area (Å²) in [6.07, 6.45) is 0. The molecule has 0 radical (unpaired) electrons. The summed E-state index contributed by atoms with van der Waals surface area (Å²) in [7, 11) is 0. The minimum Gasteiger partial charge on any atom is -0.293 e. The highest BCUT2D eigenvalue weighted by atomic mass is 19.2. The number of nitrogens with zero attached hydrogens (tertiary/aromatic N) is 1. The number of nitrogens with one attached hydrogen (secondary N) is 2. The Kier molecular flexibility index (Phi) is 4.86. The number of nitro groups is 1. The Morgan fingerprint density at radius 2 is 1.52 bits per heavy atom. The monoisotopic (exact) mass is 361 g/mol. The molecule has 0 fully saturated rings. The number of amides is 1. The molecular formula is C14H8F5N3O3. The molecule has 0 aliphatic rings. The molecule has 2 N–H and O–H groups in total. The van der Waals surface area contributed by atoms with Crippen LogP contribution in [0.4, 0.5) is 33.3 Å². The Bertz CT molecular complexity index is 859. The molecule has 0 aliphatic heterocycles. The van der Waals surface area contributed by atoms with Gasteiger partial charge in [0.15, 0.2) is 23.3 Å². The second-order valence-corrected chi connectivity index (χ2v) is 4.75. The normalized spacial score (nSPS) is 10.5. The number of anilines is 1. The summed E-state index contributed by atoms with van der Waals surface area (Å²) >= 11 is 0. The van der Waals surface area contributed by atoms with Crippen molar-refractivity contribution in [3.05, 3.63) is 68.5 Å². The van der Waals surface area contributed by atoms with E-state index in [2.05, 4.69) is 0 Å². The van der Waals surface area contributed by atoms with Crippen molar-refractivity contribution in [2.24, 2.45) is 0 Å². The van der Waals surface area contributed by atoms with E-state index in [9.17, 15) is 36.9 Å². The van der Waals surface area contributed by atoms with Gasteiger partial charge in [0, 0.05) is 5.56 Å². The maximum absolute atomic E-state index is 13.5. The second kappa shape index (κ2) is 6.71. The van der Waals surface area contributed by atoms with Crippen LogP contribution >= 0.6 is 0 Å². The average Bonchev–Trinajstić information content (AvgIpc) is 2.57. The Balaban J connectivity index is 2.34. The highest BCUT2D eigenvalue weighted by molar-refractivity contribution is 5.99. The van der Waals surface area contributed by atoms with Crippen LogP contribution in [-0.2, 0) is 0 Å². The summed E-state index contributed by atoms with van der Waals surface area (Å²) in [6.45, 7) is 1.35. The van der Waals surface area contributed by atoms with E-state index in [1.165, 1.54) is 19.1 Å². The minimum atomic E-state index is -2.36. The summed E-state index contributed by atoms with van der Waals surface area (Å²) in [6, 6.07) is 3.72. The lowest BCUT2D eigenvalue weighted by Gasteiger charge is -2.12. The predicted molar refractivity (Wildman–Crippen MR) is 75.2 cm³/mol. The quantitative estimate of drug-likeness (QED) is 0.288. The molecule has 0 heterocycles. The van der Waals surface area contributed by atoms with E-state index in [1.807, 2.05) is 0 Å². The van der Waals surface area contributed by atoms with Crippen LogP contribution in [0.15, 0.2) is 18.2 Å². The zero-order valence-electron chi connectivity index (χ0n) is 12.3. The second-order valence-electron chi connectivity index (χ2n) is 4.75. The molecule has 1 amide bonds. The van der Waals surface area contributed by atoms with Crippen molar-refractivity contribution in [1.82, 2.24) is 5.43 Å². The Morgan fingerprint density at radius 1 is 1.00 bits per heavy atom. The molecule has 2 aromatic rings. The molecule has 2 aromatic carbocycles. The number of rotatable bonds is 4. The molecule has 0 aromatic heterocycles. The van der Waals surface area contributed by atoms with E-state index in [0.29, 0.717) is 0 Å². The third kappa shape index (κ3) is 3.20. The van der Waals surface area contributed by atoms with Gasteiger partial charge in [-0.3, -0.25) is 25.8 Å². The number of halogens is 5. The molecular weight excluding hydrogens is 353 g/mol. The smallest absolute Gasteiger partial charge is 0.285 e. The molecule has 0 bridgehead atoms. The first-order chi connectivity index (χ1) is 11.7. The first-order valence-corrected chi connectivity index (χ1v) is 6.48. The zero-order valence-corrected chi connectivity index (χ0v) is 12.3. The van der Waals surface area contributed by atoms with Gasteiger partial charge in [-0.05, 0) is 13.0 Å². The van der Waals surface area contributed by atoms with Crippen LogP contribution in [-0.4, -0.2) is 10.8 Å². The van der Waals surface area contributed by atoms with Crippen molar-refractivity contribution < 1.29 is 31.7 Å². The fraction of sp³-hybridized carbons (Fsp3) is 0.0714. The highest BCUT2D eigenvalue weighted by Gasteiger charge is 2.27. The van der Waals surface area contributed by atoms with Crippen LogP contribution in [0.2, 0.25) is 0 Å². The molecule has 0 aliphatic carbocycles. The van der Waals surface area contributed by atoms with Gasteiger partial charge >= 0.3 is 0 Å². The minimum absolute atomic E-state index is 0.133. The first-order valence-electron chi connectivity index (χ1n) is 6.48. The highest BCUT2D eigenvalue weighted by Crippen LogP contribution is 2.27. The van der Waals surface area contributed by atoms with Crippen LogP contribution in [0.3, 0.4) is 0 Å². The van der Waals surface area contributed by atoms with Crippen LogP contribution in [0.1, 0.15) is 15.9 Å². The molecule has 11 heteroatoms. The van der Waals surface area contributed by atoms with Crippen molar-refractivity contribution in [1.29, 1.82) is 0 Å². The zero-order chi connectivity index (χ0) is 18.9. The van der Waals surface area contributed by atoms with Gasteiger partial charge in [0.05, 0.1) is 4.92 Å². The first kappa shape index (κ1) is 18.1. The maximum atomic E-state index is 13.5. The summed E-state index contributed by atoms with van der Waals surface area (Å²) in [5.74, 6) is -12.4. The number of hydrogen-bond donors (Lipinski definition) is 2. The molecule has 2 rings (SSSR count). The number of carbonyl (C=O) groups is 1. The summed E-state index contributed by atoms with van der Waals surface area (Å²) in [5.41, 5.74) is 0.811. The van der Waals surface area contributed by atoms with Gasteiger partial charge in [-0.25, -0.2) is 22.0 Å². The van der Waals surface area contributed by atoms with Crippen molar-refractivity contribution in [2.75, 3.05) is 5.43 Å². The van der Waals surface area contributed by atoms with Crippen LogP contribution < -0.4 is 10.9 Å². The summed E-state index contributed by atoms with van der Waals surface area (Å²) in [4.78, 5) is 22.1.